The maximum absolute atomic E-state index is 12.5. The Labute approximate surface area is 154 Å². The second-order valence-electron chi connectivity index (χ2n) is 5.25. The second kappa shape index (κ2) is 6.15. The number of carboxylic acid groups (broad SMARTS) is 1. The molecule has 0 spiro atoms. The van der Waals surface area contributed by atoms with E-state index in [9.17, 15) is 14.7 Å². The zero-order valence-electron chi connectivity index (χ0n) is 12.5. The van der Waals surface area contributed by atoms with Crippen LogP contribution in [-0.2, 0) is 0 Å². The molecular weight excluding hydrogens is 380 g/mol. The van der Waals surface area contributed by atoms with E-state index in [1.807, 2.05) is 24.3 Å². The number of ether oxygens (including phenoxy) is 1. The van der Waals surface area contributed by atoms with Crippen molar-refractivity contribution >= 4 is 66.4 Å². The number of hydrogen-bond acceptors (Lipinski definition) is 5. The molecule has 4 rings (SSSR count). The highest BCUT2D eigenvalue weighted by Crippen LogP contribution is 2.39. The van der Waals surface area contributed by atoms with Crippen molar-refractivity contribution in [2.45, 2.75) is 0 Å². The molecule has 0 unspecified atom stereocenters. The second-order valence-corrected chi connectivity index (χ2v) is 7.78. The average molecular weight is 389 g/mol. The molecule has 2 aromatic heterocycles. The molecule has 0 aliphatic carbocycles. The van der Waals surface area contributed by atoms with Crippen LogP contribution in [0.1, 0.15) is 20.0 Å². The predicted octanol–water partition coefficient (Wildman–Crippen LogP) is 5.69. The van der Waals surface area contributed by atoms with Crippen LogP contribution in [0.25, 0.3) is 20.2 Å². The normalized spacial score (nSPS) is 11.1. The van der Waals surface area contributed by atoms with Gasteiger partial charge in [0.1, 0.15) is 10.4 Å². The van der Waals surface area contributed by atoms with Crippen molar-refractivity contribution in [1.82, 2.24) is 0 Å². The fraction of sp³-hybridized carbons (Fsp3) is 0. The van der Waals surface area contributed by atoms with Crippen molar-refractivity contribution in [1.29, 1.82) is 0 Å². The van der Waals surface area contributed by atoms with Crippen LogP contribution in [0, 0.1) is 0 Å². The number of hydrogen-bond donors (Lipinski definition) is 1. The van der Waals surface area contributed by atoms with E-state index in [-0.39, 0.29) is 10.6 Å². The van der Waals surface area contributed by atoms with E-state index in [0.29, 0.717) is 20.0 Å². The lowest BCUT2D eigenvalue weighted by Crippen LogP contribution is -2.08. The molecule has 0 saturated carbocycles. The van der Waals surface area contributed by atoms with Crippen molar-refractivity contribution < 1.29 is 19.4 Å². The largest absolute Gasteiger partial charge is 0.478 e. The number of carboxylic acids is 1. The van der Waals surface area contributed by atoms with Crippen molar-refractivity contribution in [2.75, 3.05) is 0 Å². The first-order chi connectivity index (χ1) is 12.0. The average Bonchev–Trinajstić information content (AvgIpc) is 3.15. The molecule has 0 radical (unpaired) electrons. The van der Waals surface area contributed by atoms with Crippen molar-refractivity contribution in [2.24, 2.45) is 0 Å². The van der Waals surface area contributed by atoms with Crippen LogP contribution in [0.5, 0.6) is 5.06 Å². The van der Waals surface area contributed by atoms with E-state index in [4.69, 9.17) is 16.3 Å². The van der Waals surface area contributed by atoms with Gasteiger partial charge in [-0.25, -0.2) is 9.59 Å². The van der Waals surface area contributed by atoms with Crippen molar-refractivity contribution in [3.8, 4) is 5.06 Å². The minimum atomic E-state index is -1.16. The van der Waals surface area contributed by atoms with E-state index in [2.05, 4.69) is 0 Å². The molecule has 25 heavy (non-hydrogen) atoms. The smallest absolute Gasteiger partial charge is 0.354 e. The molecule has 0 aliphatic rings. The van der Waals surface area contributed by atoms with Gasteiger partial charge in [-0.15, -0.1) is 11.3 Å². The van der Waals surface area contributed by atoms with E-state index in [1.54, 1.807) is 24.3 Å². The van der Waals surface area contributed by atoms with E-state index >= 15 is 0 Å². The van der Waals surface area contributed by atoms with Crippen LogP contribution >= 0.6 is 34.3 Å². The van der Waals surface area contributed by atoms with E-state index in [0.717, 1.165) is 21.4 Å². The van der Waals surface area contributed by atoms with Crippen molar-refractivity contribution in [3.05, 3.63) is 64.0 Å². The number of carbonyl (C=O) groups is 2. The molecule has 0 fully saturated rings. The number of esters is 1. The summed E-state index contributed by atoms with van der Waals surface area (Å²) in [5, 5.41) is 11.4. The highest BCUT2D eigenvalue weighted by atomic mass is 35.5. The van der Waals surface area contributed by atoms with Gasteiger partial charge in [0.25, 0.3) is 0 Å². The molecule has 0 bridgehead atoms. The topological polar surface area (TPSA) is 63.6 Å². The van der Waals surface area contributed by atoms with Gasteiger partial charge in [-0.3, -0.25) is 0 Å². The van der Waals surface area contributed by atoms with Gasteiger partial charge in [0.05, 0.1) is 0 Å². The quantitative estimate of drug-likeness (QED) is 0.458. The van der Waals surface area contributed by atoms with Gasteiger partial charge < -0.3 is 9.84 Å². The standard InChI is InChI=1S/C18H9ClO4S2/c19-10-5-6-13-11(8-10)15(16(20)21)18(25-13)23-17(22)14-7-9-3-1-2-4-12(9)24-14/h1-8H,(H,20,21). The third-order valence-corrected chi connectivity index (χ3v) is 6.02. The third kappa shape index (κ3) is 2.89. The number of benzene rings is 2. The van der Waals surface area contributed by atoms with Gasteiger partial charge in [0.15, 0.2) is 0 Å². The van der Waals surface area contributed by atoms with Crippen LogP contribution in [0.4, 0.5) is 0 Å². The van der Waals surface area contributed by atoms with E-state index < -0.39 is 11.9 Å². The van der Waals surface area contributed by atoms with Crippen molar-refractivity contribution in [3.63, 3.8) is 0 Å². The molecule has 4 aromatic rings. The Morgan fingerprint density at radius 2 is 1.80 bits per heavy atom. The molecule has 7 heteroatoms. The molecule has 1 N–H and O–H groups in total. The zero-order chi connectivity index (χ0) is 17.6. The third-order valence-electron chi connectivity index (χ3n) is 3.64. The molecule has 2 aromatic carbocycles. The Bertz CT molecular complexity index is 1110. The van der Waals surface area contributed by atoms with Gasteiger partial charge in [0, 0.05) is 19.8 Å². The van der Waals surface area contributed by atoms with Crippen LogP contribution in [0.2, 0.25) is 5.02 Å². The Morgan fingerprint density at radius 3 is 2.56 bits per heavy atom. The Hall–Kier alpha value is -2.41. The van der Waals surface area contributed by atoms with Crippen LogP contribution in [-0.4, -0.2) is 17.0 Å². The summed E-state index contributed by atoms with van der Waals surface area (Å²) in [6.07, 6.45) is 0. The summed E-state index contributed by atoms with van der Waals surface area (Å²) in [5.41, 5.74) is -0.0445. The summed E-state index contributed by atoms with van der Waals surface area (Å²) in [4.78, 5) is 24.5. The Morgan fingerprint density at radius 1 is 1.00 bits per heavy atom. The summed E-state index contributed by atoms with van der Waals surface area (Å²) < 4.78 is 7.08. The van der Waals surface area contributed by atoms with E-state index in [1.165, 1.54) is 11.3 Å². The number of fused-ring (bicyclic) bond motifs is 2. The summed E-state index contributed by atoms with van der Waals surface area (Å²) in [7, 11) is 0. The number of carbonyl (C=O) groups excluding carboxylic acids is 1. The molecule has 124 valence electrons. The maximum Gasteiger partial charge on any atom is 0.354 e. The first-order valence-electron chi connectivity index (χ1n) is 7.19. The number of halogens is 1. The monoisotopic (exact) mass is 388 g/mol. The first-order valence-corrected chi connectivity index (χ1v) is 9.20. The van der Waals surface area contributed by atoms with Crippen LogP contribution in [0.3, 0.4) is 0 Å². The lowest BCUT2D eigenvalue weighted by atomic mass is 10.2. The van der Waals surface area contributed by atoms with Gasteiger partial charge in [-0.1, -0.05) is 41.1 Å². The number of thiophene rings is 2. The Kier molecular flexibility index (Phi) is 3.95. The number of aromatic carboxylic acids is 1. The van der Waals surface area contributed by atoms with Gasteiger partial charge in [-0.05, 0) is 35.7 Å². The van der Waals surface area contributed by atoms with Gasteiger partial charge in [-0.2, -0.15) is 0 Å². The van der Waals surface area contributed by atoms with Gasteiger partial charge >= 0.3 is 11.9 Å². The maximum atomic E-state index is 12.5. The molecule has 4 nitrogen and oxygen atoms in total. The fourth-order valence-corrected chi connectivity index (χ4v) is 4.67. The predicted molar refractivity (Wildman–Crippen MR) is 101 cm³/mol. The molecule has 2 heterocycles. The summed E-state index contributed by atoms with van der Waals surface area (Å²) in [5.74, 6) is -1.73. The summed E-state index contributed by atoms with van der Waals surface area (Å²) in [6.45, 7) is 0. The molecule has 0 saturated heterocycles. The molecule has 0 amide bonds. The number of rotatable bonds is 3. The fourth-order valence-electron chi connectivity index (χ4n) is 2.54. The Balaban J connectivity index is 1.75. The molecule has 0 aliphatic heterocycles. The molecular formula is C18H9ClO4S2. The minimum absolute atomic E-state index is 0.0445. The lowest BCUT2D eigenvalue weighted by Gasteiger charge is -2.01. The molecule has 0 atom stereocenters. The lowest BCUT2D eigenvalue weighted by molar-refractivity contribution is 0.0688. The SMILES string of the molecule is O=C(Oc1sc2ccc(Cl)cc2c1C(=O)O)c1cc2ccccc2s1. The van der Waals surface area contributed by atoms with Crippen LogP contribution in [0.15, 0.2) is 48.5 Å². The van der Waals surface area contributed by atoms with Crippen LogP contribution < -0.4 is 4.74 Å². The highest BCUT2D eigenvalue weighted by molar-refractivity contribution is 7.22. The summed E-state index contributed by atoms with van der Waals surface area (Å²) >= 11 is 8.38. The van der Waals surface area contributed by atoms with Gasteiger partial charge in [0.2, 0.25) is 5.06 Å². The zero-order valence-corrected chi connectivity index (χ0v) is 14.9. The highest BCUT2D eigenvalue weighted by Gasteiger charge is 2.23. The minimum Gasteiger partial charge on any atom is -0.478 e. The first kappa shape index (κ1) is 16.1. The summed E-state index contributed by atoms with van der Waals surface area (Å²) in [6, 6.07) is 14.3.